The lowest BCUT2D eigenvalue weighted by Gasteiger charge is -2.05. The molecule has 0 radical (unpaired) electrons. The van der Waals surface area contributed by atoms with Crippen molar-refractivity contribution in [1.82, 2.24) is 14.8 Å². The average Bonchev–Trinajstić information content (AvgIpc) is 2.91. The van der Waals surface area contributed by atoms with Gasteiger partial charge in [0.2, 0.25) is 11.0 Å². The molecule has 3 aromatic heterocycles. The molecule has 0 atom stereocenters. The maximum absolute atomic E-state index is 12.0. The summed E-state index contributed by atoms with van der Waals surface area (Å²) in [7, 11) is 0. The number of carbonyl (C=O) groups is 1. The van der Waals surface area contributed by atoms with Gasteiger partial charge in [-0.15, -0.1) is 11.3 Å². The van der Waals surface area contributed by atoms with Crippen LogP contribution in [0.3, 0.4) is 0 Å². The smallest absolute Gasteiger partial charge is 0.228 e. The minimum atomic E-state index is 0.0592. The molecule has 22 heavy (non-hydrogen) atoms. The molecule has 0 aromatic carbocycles. The maximum Gasteiger partial charge on any atom is 0.228 e. The van der Waals surface area contributed by atoms with Crippen molar-refractivity contribution < 1.29 is 9.21 Å². The first kappa shape index (κ1) is 13.3. The lowest BCUT2D eigenvalue weighted by molar-refractivity contribution is -0.117. The highest BCUT2D eigenvalue weighted by Crippen LogP contribution is 2.31. The van der Waals surface area contributed by atoms with E-state index in [1.165, 1.54) is 11.3 Å². The van der Waals surface area contributed by atoms with Gasteiger partial charge in [0.15, 0.2) is 5.76 Å². The molecule has 3 aromatic rings. The van der Waals surface area contributed by atoms with E-state index in [0.29, 0.717) is 10.9 Å². The second-order valence-electron chi connectivity index (χ2n) is 5.34. The molecule has 0 bridgehead atoms. The first-order chi connectivity index (χ1) is 10.7. The van der Waals surface area contributed by atoms with E-state index in [4.69, 9.17) is 4.42 Å². The number of amides is 1. The topological polar surface area (TPSA) is 73.0 Å². The predicted molar refractivity (Wildman–Crippen MR) is 83.0 cm³/mol. The molecule has 1 aliphatic carbocycles. The third-order valence-corrected chi connectivity index (χ3v) is 4.29. The molecule has 0 spiro atoms. The lowest BCUT2D eigenvalue weighted by Crippen LogP contribution is -2.16. The minimum absolute atomic E-state index is 0.0592. The molecule has 1 amide bonds. The Bertz CT molecular complexity index is 815. The fourth-order valence-corrected chi connectivity index (χ4v) is 2.98. The summed E-state index contributed by atoms with van der Waals surface area (Å²) in [6.07, 6.45) is 3.56. The standard InChI is InChI=1S/C15H14N4O2S/c1-9-7-13(17-14(20)10-4-5-10)19(18-9)15-16-11(8-22-15)12-3-2-6-21-12/h2-3,6-8,10H,4-5H2,1H3,(H,17,20). The number of hydrogen-bond donors (Lipinski definition) is 1. The molecule has 3 heterocycles. The number of aryl methyl sites for hydroxylation is 1. The summed E-state index contributed by atoms with van der Waals surface area (Å²) in [6, 6.07) is 5.55. The van der Waals surface area contributed by atoms with Gasteiger partial charge in [0.05, 0.1) is 12.0 Å². The Morgan fingerprint density at radius 2 is 2.36 bits per heavy atom. The van der Waals surface area contributed by atoms with Gasteiger partial charge >= 0.3 is 0 Å². The molecule has 0 saturated heterocycles. The number of furan rings is 1. The van der Waals surface area contributed by atoms with Gasteiger partial charge in [0.25, 0.3) is 0 Å². The summed E-state index contributed by atoms with van der Waals surface area (Å²) in [5.74, 6) is 1.59. The Morgan fingerprint density at radius 3 is 3.09 bits per heavy atom. The third-order valence-electron chi connectivity index (χ3n) is 3.48. The predicted octanol–water partition coefficient (Wildman–Crippen LogP) is 3.25. The number of nitrogens with zero attached hydrogens (tertiary/aromatic N) is 3. The van der Waals surface area contributed by atoms with E-state index >= 15 is 0 Å². The van der Waals surface area contributed by atoms with Crippen LogP contribution in [0, 0.1) is 12.8 Å². The summed E-state index contributed by atoms with van der Waals surface area (Å²) in [4.78, 5) is 16.5. The number of hydrogen-bond acceptors (Lipinski definition) is 5. The molecule has 0 aliphatic heterocycles. The number of rotatable bonds is 4. The van der Waals surface area contributed by atoms with Crippen LogP contribution in [0.5, 0.6) is 0 Å². The van der Waals surface area contributed by atoms with E-state index in [9.17, 15) is 4.79 Å². The van der Waals surface area contributed by atoms with Gasteiger partial charge < -0.3 is 9.73 Å². The van der Waals surface area contributed by atoms with Crippen molar-refractivity contribution in [3.63, 3.8) is 0 Å². The van der Waals surface area contributed by atoms with E-state index in [1.807, 2.05) is 30.5 Å². The molecule has 7 heteroatoms. The average molecular weight is 314 g/mol. The molecular weight excluding hydrogens is 300 g/mol. The molecule has 1 N–H and O–H groups in total. The summed E-state index contributed by atoms with van der Waals surface area (Å²) in [5.41, 5.74) is 1.60. The van der Waals surface area contributed by atoms with Crippen LogP contribution in [0.1, 0.15) is 18.5 Å². The van der Waals surface area contributed by atoms with E-state index in [-0.39, 0.29) is 11.8 Å². The normalized spacial score (nSPS) is 14.2. The van der Waals surface area contributed by atoms with E-state index < -0.39 is 0 Å². The van der Waals surface area contributed by atoms with Gasteiger partial charge in [-0.2, -0.15) is 9.78 Å². The Kier molecular flexibility index (Phi) is 3.07. The van der Waals surface area contributed by atoms with Crippen molar-refractivity contribution >= 4 is 23.1 Å². The second kappa shape index (κ2) is 5.10. The SMILES string of the molecule is Cc1cc(NC(=O)C2CC2)n(-c2nc(-c3ccco3)cs2)n1. The zero-order valence-electron chi connectivity index (χ0n) is 11.9. The van der Waals surface area contributed by atoms with Gasteiger partial charge in [-0.1, -0.05) is 0 Å². The quantitative estimate of drug-likeness (QED) is 0.802. The van der Waals surface area contributed by atoms with Crippen molar-refractivity contribution in [3.8, 4) is 16.6 Å². The highest BCUT2D eigenvalue weighted by molar-refractivity contribution is 7.12. The van der Waals surface area contributed by atoms with Crippen LogP contribution in [0.25, 0.3) is 16.6 Å². The number of aromatic nitrogens is 3. The largest absolute Gasteiger partial charge is 0.463 e. The van der Waals surface area contributed by atoms with Gasteiger partial charge in [-0.05, 0) is 31.9 Å². The molecule has 1 fully saturated rings. The first-order valence-corrected chi connectivity index (χ1v) is 7.96. The number of thiazole rings is 1. The van der Waals surface area contributed by atoms with Crippen molar-refractivity contribution in [2.75, 3.05) is 5.32 Å². The molecule has 1 saturated carbocycles. The van der Waals surface area contributed by atoms with Crippen molar-refractivity contribution in [1.29, 1.82) is 0 Å². The zero-order valence-corrected chi connectivity index (χ0v) is 12.8. The van der Waals surface area contributed by atoms with Gasteiger partial charge in [0.1, 0.15) is 11.5 Å². The fourth-order valence-electron chi connectivity index (χ4n) is 2.21. The van der Waals surface area contributed by atoms with E-state index in [0.717, 1.165) is 30.0 Å². The summed E-state index contributed by atoms with van der Waals surface area (Å²) in [5, 5.41) is 9.98. The van der Waals surface area contributed by atoms with Crippen molar-refractivity contribution in [2.24, 2.45) is 5.92 Å². The van der Waals surface area contributed by atoms with Gasteiger partial charge in [-0.3, -0.25) is 4.79 Å². The Hall–Kier alpha value is -2.41. The number of carbonyl (C=O) groups excluding carboxylic acids is 1. The molecule has 112 valence electrons. The molecule has 0 unspecified atom stereocenters. The van der Waals surface area contributed by atoms with Gasteiger partial charge in [0, 0.05) is 17.4 Å². The zero-order chi connectivity index (χ0) is 15.1. The highest BCUT2D eigenvalue weighted by atomic mass is 32.1. The van der Waals surface area contributed by atoms with Crippen LogP contribution in [-0.4, -0.2) is 20.7 Å². The van der Waals surface area contributed by atoms with Crippen LogP contribution in [0.4, 0.5) is 5.82 Å². The summed E-state index contributed by atoms with van der Waals surface area (Å²) < 4.78 is 7.03. The first-order valence-electron chi connectivity index (χ1n) is 7.08. The fraction of sp³-hybridized carbons (Fsp3) is 0.267. The summed E-state index contributed by atoms with van der Waals surface area (Å²) in [6.45, 7) is 1.89. The molecule has 1 aliphatic rings. The monoisotopic (exact) mass is 314 g/mol. The maximum atomic E-state index is 12.0. The number of nitrogens with one attached hydrogen (secondary N) is 1. The van der Waals surface area contributed by atoms with Crippen molar-refractivity contribution in [2.45, 2.75) is 19.8 Å². The molecule has 4 rings (SSSR count). The Balaban J connectivity index is 1.65. The van der Waals surface area contributed by atoms with Crippen molar-refractivity contribution in [3.05, 3.63) is 35.5 Å². The lowest BCUT2D eigenvalue weighted by atomic mass is 10.4. The number of anilines is 1. The molecular formula is C15H14N4O2S. The summed E-state index contributed by atoms with van der Waals surface area (Å²) >= 11 is 1.46. The molecule has 6 nitrogen and oxygen atoms in total. The van der Waals surface area contributed by atoms with E-state index in [2.05, 4.69) is 15.4 Å². The minimum Gasteiger partial charge on any atom is -0.463 e. The Labute approximate surface area is 130 Å². The van der Waals surface area contributed by atoms with Crippen LogP contribution >= 0.6 is 11.3 Å². The highest BCUT2D eigenvalue weighted by Gasteiger charge is 2.30. The van der Waals surface area contributed by atoms with E-state index in [1.54, 1.807) is 10.9 Å². The third kappa shape index (κ3) is 2.43. The van der Waals surface area contributed by atoms with Crippen LogP contribution < -0.4 is 5.32 Å². The Morgan fingerprint density at radius 1 is 1.50 bits per heavy atom. The van der Waals surface area contributed by atoms with Crippen LogP contribution in [-0.2, 0) is 4.79 Å². The van der Waals surface area contributed by atoms with Gasteiger partial charge in [-0.25, -0.2) is 4.98 Å². The van der Waals surface area contributed by atoms with Crippen LogP contribution in [0.2, 0.25) is 0 Å². The van der Waals surface area contributed by atoms with Crippen LogP contribution in [0.15, 0.2) is 34.3 Å². The second-order valence-corrected chi connectivity index (χ2v) is 6.18.